The molecule has 0 aliphatic carbocycles. The van der Waals surface area contributed by atoms with Crippen LogP contribution >= 0.6 is 0 Å². The van der Waals surface area contributed by atoms with Crippen LogP contribution in [0.1, 0.15) is 12.0 Å². The van der Waals surface area contributed by atoms with Crippen molar-refractivity contribution >= 4 is 12.0 Å². The Morgan fingerprint density at radius 3 is 2.79 bits per heavy atom. The zero-order valence-corrected chi connectivity index (χ0v) is 11.0. The first-order chi connectivity index (χ1) is 9.15. The fraction of sp³-hybridized carbons (Fsp3) is 0.429. The number of hydrogen-bond donors (Lipinski definition) is 1. The molecule has 0 spiro atoms. The van der Waals surface area contributed by atoms with Gasteiger partial charge >= 0.3 is 6.09 Å². The summed E-state index contributed by atoms with van der Waals surface area (Å²) in [5.41, 5.74) is 0.952. The molecule has 1 saturated heterocycles. The molecule has 1 fully saturated rings. The zero-order valence-electron chi connectivity index (χ0n) is 11.0. The van der Waals surface area contributed by atoms with Gasteiger partial charge in [0, 0.05) is 32.5 Å². The molecule has 1 aromatic carbocycles. The molecular weight excluding hydrogens is 244 g/mol. The average Bonchev–Trinajstić information content (AvgIpc) is 2.74. The van der Waals surface area contributed by atoms with E-state index in [-0.39, 0.29) is 18.4 Å². The van der Waals surface area contributed by atoms with Crippen LogP contribution in [-0.2, 0) is 16.1 Å². The number of likely N-dealkylation sites (tertiary alicyclic amines) is 1. The molecule has 0 aromatic heterocycles. The Morgan fingerprint density at radius 1 is 1.42 bits per heavy atom. The Bertz CT molecular complexity index is 447. The number of benzene rings is 1. The molecular formula is C14H18N2O3. The summed E-state index contributed by atoms with van der Waals surface area (Å²) in [4.78, 5) is 24.5. The lowest BCUT2D eigenvalue weighted by Crippen LogP contribution is -2.30. The van der Waals surface area contributed by atoms with E-state index in [4.69, 9.17) is 4.74 Å². The van der Waals surface area contributed by atoms with Gasteiger partial charge in [-0.25, -0.2) is 4.79 Å². The quantitative estimate of drug-likeness (QED) is 0.892. The molecule has 1 heterocycles. The van der Waals surface area contributed by atoms with Crippen LogP contribution in [0, 0.1) is 5.92 Å². The molecule has 1 N–H and O–H groups in total. The summed E-state index contributed by atoms with van der Waals surface area (Å²) in [5, 5.41) is 2.70. The van der Waals surface area contributed by atoms with E-state index in [1.54, 1.807) is 11.9 Å². The molecule has 2 rings (SSSR count). The molecule has 1 aliphatic heterocycles. The maximum absolute atomic E-state index is 11.5. The number of ether oxygens (including phenoxy) is 1. The third-order valence-electron chi connectivity index (χ3n) is 3.17. The van der Waals surface area contributed by atoms with Crippen LogP contribution in [0.15, 0.2) is 30.3 Å². The molecule has 19 heavy (non-hydrogen) atoms. The second-order valence-electron chi connectivity index (χ2n) is 4.79. The number of alkyl carbamates (subject to hydrolysis) is 1. The molecule has 0 radical (unpaired) electrons. The first kappa shape index (κ1) is 13.4. The normalized spacial score (nSPS) is 18.5. The Balaban J connectivity index is 1.67. The van der Waals surface area contributed by atoms with Gasteiger partial charge in [-0.2, -0.15) is 0 Å². The Kier molecular flexibility index (Phi) is 4.39. The van der Waals surface area contributed by atoms with Gasteiger partial charge < -0.3 is 15.0 Å². The van der Waals surface area contributed by atoms with Crippen molar-refractivity contribution in [3.05, 3.63) is 35.9 Å². The van der Waals surface area contributed by atoms with Gasteiger partial charge in [-0.15, -0.1) is 0 Å². The number of nitrogens with one attached hydrogen (secondary N) is 1. The van der Waals surface area contributed by atoms with Gasteiger partial charge in [0.2, 0.25) is 5.91 Å². The highest BCUT2D eigenvalue weighted by molar-refractivity contribution is 5.78. The first-order valence-corrected chi connectivity index (χ1v) is 6.33. The summed E-state index contributed by atoms with van der Waals surface area (Å²) in [6.45, 7) is 1.43. The van der Waals surface area contributed by atoms with Crippen molar-refractivity contribution in [3.63, 3.8) is 0 Å². The van der Waals surface area contributed by atoms with Crippen LogP contribution in [-0.4, -0.2) is 37.0 Å². The fourth-order valence-electron chi connectivity index (χ4n) is 2.09. The maximum atomic E-state index is 11.5. The molecule has 0 saturated carbocycles. The summed E-state index contributed by atoms with van der Waals surface area (Å²) >= 11 is 0. The van der Waals surface area contributed by atoms with Crippen LogP contribution in [0.3, 0.4) is 0 Å². The van der Waals surface area contributed by atoms with Crippen molar-refractivity contribution in [3.8, 4) is 0 Å². The van der Waals surface area contributed by atoms with Crippen molar-refractivity contribution in [2.24, 2.45) is 5.92 Å². The zero-order chi connectivity index (χ0) is 13.7. The minimum atomic E-state index is -0.439. The molecule has 1 aliphatic rings. The van der Waals surface area contributed by atoms with Crippen molar-refractivity contribution in [2.45, 2.75) is 13.0 Å². The average molecular weight is 262 g/mol. The van der Waals surface area contributed by atoms with Gasteiger partial charge in [-0.3, -0.25) is 4.79 Å². The predicted molar refractivity (Wildman–Crippen MR) is 70.4 cm³/mol. The van der Waals surface area contributed by atoms with Crippen molar-refractivity contribution < 1.29 is 14.3 Å². The van der Waals surface area contributed by atoms with Crippen molar-refractivity contribution in [2.75, 3.05) is 20.1 Å². The van der Waals surface area contributed by atoms with Crippen LogP contribution < -0.4 is 5.32 Å². The van der Waals surface area contributed by atoms with E-state index >= 15 is 0 Å². The minimum absolute atomic E-state index is 0.129. The lowest BCUT2D eigenvalue weighted by molar-refractivity contribution is -0.126. The number of carbonyl (C=O) groups excluding carboxylic acids is 2. The number of hydrogen-bond acceptors (Lipinski definition) is 3. The van der Waals surface area contributed by atoms with Gasteiger partial charge in [0.05, 0.1) is 0 Å². The third-order valence-corrected chi connectivity index (χ3v) is 3.17. The van der Waals surface area contributed by atoms with E-state index < -0.39 is 6.09 Å². The summed E-state index contributed by atoms with van der Waals surface area (Å²) in [7, 11) is 1.77. The molecule has 5 nitrogen and oxygen atoms in total. The maximum Gasteiger partial charge on any atom is 0.407 e. The van der Waals surface area contributed by atoms with E-state index in [2.05, 4.69) is 5.32 Å². The van der Waals surface area contributed by atoms with Gasteiger partial charge in [-0.05, 0) is 5.56 Å². The second kappa shape index (κ2) is 6.22. The third kappa shape index (κ3) is 3.98. The molecule has 102 valence electrons. The highest BCUT2D eigenvalue weighted by atomic mass is 16.5. The second-order valence-corrected chi connectivity index (χ2v) is 4.79. The van der Waals surface area contributed by atoms with E-state index in [0.717, 1.165) is 5.56 Å². The summed E-state index contributed by atoms with van der Waals surface area (Å²) in [6.07, 6.45) is 0.0565. The molecule has 1 unspecified atom stereocenters. The number of carbonyl (C=O) groups is 2. The molecule has 1 atom stereocenters. The number of rotatable bonds is 4. The largest absolute Gasteiger partial charge is 0.445 e. The van der Waals surface area contributed by atoms with Crippen molar-refractivity contribution in [1.82, 2.24) is 10.2 Å². The molecule has 1 aromatic rings. The van der Waals surface area contributed by atoms with Gasteiger partial charge in [0.25, 0.3) is 0 Å². The SMILES string of the molecule is CN1CC(CNC(=O)OCc2ccccc2)CC1=O. The monoisotopic (exact) mass is 262 g/mol. The summed E-state index contributed by atoms with van der Waals surface area (Å²) in [6, 6.07) is 9.51. The number of amides is 2. The Morgan fingerprint density at radius 2 is 2.16 bits per heavy atom. The van der Waals surface area contributed by atoms with E-state index in [1.165, 1.54) is 0 Å². The van der Waals surface area contributed by atoms with Gasteiger partial charge in [0.1, 0.15) is 6.61 Å². The van der Waals surface area contributed by atoms with Crippen molar-refractivity contribution in [1.29, 1.82) is 0 Å². The smallest absolute Gasteiger partial charge is 0.407 e. The fourth-order valence-corrected chi connectivity index (χ4v) is 2.09. The highest BCUT2D eigenvalue weighted by Gasteiger charge is 2.26. The minimum Gasteiger partial charge on any atom is -0.445 e. The molecule has 5 heteroatoms. The summed E-state index contributed by atoms with van der Waals surface area (Å²) in [5.74, 6) is 0.311. The first-order valence-electron chi connectivity index (χ1n) is 6.33. The Labute approximate surface area is 112 Å². The topological polar surface area (TPSA) is 58.6 Å². The van der Waals surface area contributed by atoms with E-state index in [9.17, 15) is 9.59 Å². The lowest BCUT2D eigenvalue weighted by Gasteiger charge is -2.11. The van der Waals surface area contributed by atoms with Gasteiger partial charge in [-0.1, -0.05) is 30.3 Å². The van der Waals surface area contributed by atoms with Crippen LogP contribution in [0.5, 0.6) is 0 Å². The van der Waals surface area contributed by atoms with E-state index in [1.807, 2.05) is 30.3 Å². The van der Waals surface area contributed by atoms with Gasteiger partial charge in [0.15, 0.2) is 0 Å². The predicted octanol–water partition coefficient (Wildman–Crippen LogP) is 1.39. The Hall–Kier alpha value is -2.04. The van der Waals surface area contributed by atoms with Crippen LogP contribution in [0.4, 0.5) is 4.79 Å². The molecule has 2 amide bonds. The highest BCUT2D eigenvalue weighted by Crippen LogP contribution is 2.14. The van der Waals surface area contributed by atoms with Crippen LogP contribution in [0.25, 0.3) is 0 Å². The summed E-state index contributed by atoms with van der Waals surface area (Å²) < 4.78 is 5.09. The number of nitrogens with zero attached hydrogens (tertiary/aromatic N) is 1. The molecule has 0 bridgehead atoms. The lowest BCUT2D eigenvalue weighted by atomic mass is 10.1. The standard InChI is InChI=1S/C14H18N2O3/c1-16-9-12(7-13(16)17)8-15-14(18)19-10-11-5-3-2-4-6-11/h2-6,12H,7-10H2,1H3,(H,15,18). The van der Waals surface area contributed by atoms with E-state index in [0.29, 0.717) is 19.5 Å². The van der Waals surface area contributed by atoms with Crippen LogP contribution in [0.2, 0.25) is 0 Å².